The van der Waals surface area contributed by atoms with E-state index in [4.69, 9.17) is 4.74 Å². The molecule has 1 rings (SSSR count). The van der Waals surface area contributed by atoms with Gasteiger partial charge in [-0.2, -0.15) is 0 Å². The van der Waals surface area contributed by atoms with Crippen LogP contribution in [0.5, 0.6) is 11.5 Å². The monoisotopic (exact) mass is 369 g/mol. The molecule has 1 amide bonds. The number of alkyl halides is 3. The molecule has 118 valence electrons. The predicted octanol–water partition coefficient (Wildman–Crippen LogP) is 3.59. The summed E-state index contributed by atoms with van der Waals surface area (Å²) >= 11 is 2.99. The van der Waals surface area contributed by atoms with Crippen molar-refractivity contribution in [2.75, 3.05) is 20.7 Å². The molecule has 0 aliphatic carbocycles. The lowest BCUT2D eigenvalue weighted by Crippen LogP contribution is -2.21. The van der Waals surface area contributed by atoms with E-state index in [-0.39, 0.29) is 16.1 Å². The third kappa shape index (κ3) is 6.70. The number of hydrogen-bond donors (Lipinski definition) is 0. The molecule has 4 nitrogen and oxygen atoms in total. The fraction of sp³-hybridized carbons (Fsp3) is 0.462. The molecule has 1 aromatic carbocycles. The molecule has 0 radical (unpaired) electrons. The van der Waals surface area contributed by atoms with E-state index in [9.17, 15) is 18.0 Å². The highest BCUT2D eigenvalue weighted by Gasteiger charge is 2.31. The molecule has 0 saturated heterocycles. The maximum absolute atomic E-state index is 12.1. The smallest absolute Gasteiger partial charge is 0.494 e. The minimum absolute atomic E-state index is 0.00583. The van der Waals surface area contributed by atoms with Crippen molar-refractivity contribution in [2.24, 2.45) is 0 Å². The minimum Gasteiger partial charge on any atom is -0.494 e. The molecule has 0 atom stereocenters. The molecule has 0 aromatic heterocycles. The first-order chi connectivity index (χ1) is 9.69. The predicted molar refractivity (Wildman–Crippen MR) is 74.2 cm³/mol. The maximum atomic E-state index is 12.1. The van der Waals surface area contributed by atoms with Crippen molar-refractivity contribution in [1.29, 1.82) is 0 Å². The van der Waals surface area contributed by atoms with Crippen LogP contribution in [0, 0.1) is 0 Å². The summed E-state index contributed by atoms with van der Waals surface area (Å²) in [5, 5.41) is 0. The van der Waals surface area contributed by atoms with Crippen LogP contribution in [-0.2, 0) is 4.79 Å². The third-order valence-corrected chi connectivity index (χ3v) is 3.05. The van der Waals surface area contributed by atoms with Crippen molar-refractivity contribution >= 4 is 21.8 Å². The topological polar surface area (TPSA) is 38.8 Å². The maximum Gasteiger partial charge on any atom is 0.573 e. The summed E-state index contributed by atoms with van der Waals surface area (Å²) in [4.78, 5) is 12.8. The van der Waals surface area contributed by atoms with E-state index in [1.807, 2.05) is 0 Å². The molecule has 0 N–H and O–H groups in total. The van der Waals surface area contributed by atoms with Crippen molar-refractivity contribution in [3.63, 3.8) is 0 Å². The van der Waals surface area contributed by atoms with Crippen LogP contribution in [0.3, 0.4) is 0 Å². The first kappa shape index (κ1) is 17.6. The van der Waals surface area contributed by atoms with Gasteiger partial charge >= 0.3 is 6.36 Å². The van der Waals surface area contributed by atoms with Gasteiger partial charge in [-0.05, 0) is 40.5 Å². The number of carbonyl (C=O) groups is 1. The Morgan fingerprint density at radius 3 is 2.52 bits per heavy atom. The molecule has 0 aliphatic rings. The van der Waals surface area contributed by atoms with Crippen molar-refractivity contribution in [3.05, 3.63) is 22.7 Å². The summed E-state index contributed by atoms with van der Waals surface area (Å²) in [6, 6.07) is 3.92. The number of ether oxygens (including phenoxy) is 2. The van der Waals surface area contributed by atoms with Crippen LogP contribution >= 0.6 is 15.9 Å². The molecule has 0 saturated carbocycles. The second-order valence-electron chi connectivity index (χ2n) is 4.38. The average Bonchev–Trinajstić information content (AvgIpc) is 2.36. The van der Waals surface area contributed by atoms with Crippen LogP contribution < -0.4 is 9.47 Å². The van der Waals surface area contributed by atoms with Crippen LogP contribution in [0.2, 0.25) is 0 Å². The molecule has 0 heterocycles. The molecule has 0 fully saturated rings. The zero-order valence-corrected chi connectivity index (χ0v) is 13.1. The second-order valence-corrected chi connectivity index (χ2v) is 5.23. The Morgan fingerprint density at radius 2 is 2.00 bits per heavy atom. The van der Waals surface area contributed by atoms with Crippen LogP contribution in [0.15, 0.2) is 22.7 Å². The molecule has 8 heteroatoms. The van der Waals surface area contributed by atoms with Crippen molar-refractivity contribution < 1.29 is 27.4 Å². The van der Waals surface area contributed by atoms with Gasteiger partial charge in [0.15, 0.2) is 0 Å². The molecule has 0 aliphatic heterocycles. The van der Waals surface area contributed by atoms with Gasteiger partial charge in [0.2, 0.25) is 5.91 Å². The molecular formula is C13H15BrF3NO3. The fourth-order valence-corrected chi connectivity index (χ4v) is 1.85. The van der Waals surface area contributed by atoms with E-state index < -0.39 is 6.36 Å². The van der Waals surface area contributed by atoms with Gasteiger partial charge in [0.05, 0.1) is 11.1 Å². The van der Waals surface area contributed by atoms with Crippen molar-refractivity contribution in [1.82, 2.24) is 4.90 Å². The molecule has 0 unspecified atom stereocenters. The van der Waals surface area contributed by atoms with Crippen molar-refractivity contribution in [2.45, 2.75) is 19.2 Å². The van der Waals surface area contributed by atoms with E-state index in [2.05, 4.69) is 20.7 Å². The second kappa shape index (κ2) is 7.53. The summed E-state index contributed by atoms with van der Waals surface area (Å²) in [6.45, 7) is 0.297. The lowest BCUT2D eigenvalue weighted by Gasteiger charge is -2.13. The number of nitrogens with zero attached hydrogens (tertiary/aromatic N) is 1. The molecule has 1 aromatic rings. The summed E-state index contributed by atoms with van der Waals surface area (Å²) in [6.07, 6.45) is -3.86. The minimum atomic E-state index is -4.74. The van der Waals surface area contributed by atoms with E-state index in [0.717, 1.165) is 6.07 Å². The number of halogens is 4. The van der Waals surface area contributed by atoms with Gasteiger partial charge in [-0.25, -0.2) is 0 Å². The Labute approximate surface area is 128 Å². The van der Waals surface area contributed by atoms with Crippen LogP contribution in [0.25, 0.3) is 0 Å². The van der Waals surface area contributed by atoms with E-state index >= 15 is 0 Å². The first-order valence-electron chi connectivity index (χ1n) is 6.07. The summed E-state index contributed by atoms with van der Waals surface area (Å²) < 4.78 is 45.6. The highest BCUT2D eigenvalue weighted by atomic mass is 79.9. The van der Waals surface area contributed by atoms with Gasteiger partial charge < -0.3 is 14.4 Å². The van der Waals surface area contributed by atoms with Gasteiger partial charge in [0, 0.05) is 20.5 Å². The van der Waals surface area contributed by atoms with Gasteiger partial charge in [0.25, 0.3) is 0 Å². The summed E-state index contributed by atoms with van der Waals surface area (Å²) in [5.74, 6) is 0.0556. The highest BCUT2D eigenvalue weighted by Crippen LogP contribution is 2.33. The Hall–Kier alpha value is -1.44. The van der Waals surface area contributed by atoms with Crippen molar-refractivity contribution in [3.8, 4) is 11.5 Å². The van der Waals surface area contributed by atoms with E-state index in [1.165, 1.54) is 17.0 Å². The number of carbonyl (C=O) groups excluding carboxylic acids is 1. The fourth-order valence-electron chi connectivity index (χ4n) is 1.42. The Bertz CT molecular complexity index is 492. The summed E-state index contributed by atoms with van der Waals surface area (Å²) in [7, 11) is 3.33. The zero-order valence-electron chi connectivity index (χ0n) is 11.5. The van der Waals surface area contributed by atoms with Gasteiger partial charge in [-0.15, -0.1) is 13.2 Å². The number of benzene rings is 1. The van der Waals surface area contributed by atoms with Gasteiger partial charge in [-0.1, -0.05) is 0 Å². The zero-order chi connectivity index (χ0) is 16.0. The van der Waals surface area contributed by atoms with Gasteiger partial charge in [0.1, 0.15) is 11.5 Å². The van der Waals surface area contributed by atoms with E-state index in [0.29, 0.717) is 25.2 Å². The largest absolute Gasteiger partial charge is 0.573 e. The normalized spacial score (nSPS) is 11.1. The standard InChI is InChI=1S/C13H15BrF3NO3/c1-18(2)12(19)4-3-7-20-9-5-6-11(10(14)8-9)21-13(15,16)17/h5-6,8H,3-4,7H2,1-2H3. The van der Waals surface area contributed by atoms with Crippen LogP contribution in [0.1, 0.15) is 12.8 Å². The lowest BCUT2D eigenvalue weighted by atomic mass is 10.3. The lowest BCUT2D eigenvalue weighted by molar-refractivity contribution is -0.274. The van der Waals surface area contributed by atoms with Gasteiger partial charge in [-0.3, -0.25) is 4.79 Å². The van der Waals surface area contributed by atoms with Crippen LogP contribution in [0.4, 0.5) is 13.2 Å². The quantitative estimate of drug-likeness (QED) is 0.719. The molecule has 0 bridgehead atoms. The molecule has 0 spiro atoms. The van der Waals surface area contributed by atoms with E-state index in [1.54, 1.807) is 14.1 Å². The number of hydrogen-bond acceptors (Lipinski definition) is 3. The summed E-state index contributed by atoms with van der Waals surface area (Å²) in [5.41, 5.74) is 0. The first-order valence-corrected chi connectivity index (χ1v) is 6.86. The Balaban J connectivity index is 2.47. The highest BCUT2D eigenvalue weighted by molar-refractivity contribution is 9.10. The Kier molecular flexibility index (Phi) is 6.32. The number of rotatable bonds is 6. The molecule has 21 heavy (non-hydrogen) atoms. The molecular weight excluding hydrogens is 355 g/mol. The average molecular weight is 370 g/mol. The van der Waals surface area contributed by atoms with Crippen LogP contribution in [-0.4, -0.2) is 37.9 Å². The number of amides is 1. The SMILES string of the molecule is CN(C)C(=O)CCCOc1ccc(OC(F)(F)F)c(Br)c1. The Morgan fingerprint density at radius 1 is 1.33 bits per heavy atom. The third-order valence-electron chi connectivity index (χ3n) is 2.43.